The summed E-state index contributed by atoms with van der Waals surface area (Å²) < 4.78 is 9.05. The quantitative estimate of drug-likeness (QED) is 0.445. The Morgan fingerprint density at radius 2 is 1.87 bits per heavy atom. The van der Waals surface area contributed by atoms with Crippen LogP contribution in [-0.2, 0) is 22.7 Å². The lowest BCUT2D eigenvalue weighted by atomic mass is 10.3. The van der Waals surface area contributed by atoms with Crippen molar-refractivity contribution in [2.45, 2.75) is 31.1 Å². The van der Waals surface area contributed by atoms with Crippen molar-refractivity contribution in [2.24, 2.45) is 0 Å². The largest absolute Gasteiger partial charge is 0.467 e. The topological polar surface area (TPSA) is 97.7 Å². The van der Waals surface area contributed by atoms with Crippen LogP contribution >= 0.6 is 11.8 Å². The molecule has 4 aromatic rings. The standard InChI is InChI=1S/C21H22N6O3S/c28-18(22-12-15-6-5-11-30-15)14-31-21-24-23-20-26(13-19(29)25-9-3-4-10-25)16-7-1-2-8-17(16)27(20)21/h1-2,5-8,11H,3-4,9-10,12-14H2,(H,22,28). The number of rotatable bonds is 7. The van der Waals surface area contributed by atoms with Crippen molar-refractivity contribution in [3.8, 4) is 0 Å². The minimum atomic E-state index is -0.119. The van der Waals surface area contributed by atoms with Gasteiger partial charge >= 0.3 is 0 Å². The normalized spacial score (nSPS) is 14.0. The molecule has 9 nitrogen and oxygen atoms in total. The third-order valence-electron chi connectivity index (χ3n) is 5.40. The van der Waals surface area contributed by atoms with Crippen LogP contribution in [0.15, 0.2) is 52.2 Å². The van der Waals surface area contributed by atoms with Gasteiger partial charge in [-0.3, -0.25) is 18.6 Å². The number of furan rings is 1. The Balaban J connectivity index is 1.36. The Labute approximate surface area is 182 Å². The first kappa shape index (κ1) is 19.7. The lowest BCUT2D eigenvalue weighted by Gasteiger charge is -2.15. The predicted octanol–water partition coefficient (Wildman–Crippen LogP) is 2.31. The highest BCUT2D eigenvalue weighted by Gasteiger charge is 2.23. The molecule has 0 bridgehead atoms. The van der Waals surface area contributed by atoms with Crippen LogP contribution in [0.3, 0.4) is 0 Å². The first-order chi connectivity index (χ1) is 15.2. The van der Waals surface area contributed by atoms with E-state index >= 15 is 0 Å². The third kappa shape index (κ3) is 3.90. The van der Waals surface area contributed by atoms with Gasteiger partial charge in [0, 0.05) is 13.1 Å². The molecule has 31 heavy (non-hydrogen) atoms. The maximum atomic E-state index is 12.8. The van der Waals surface area contributed by atoms with E-state index in [1.807, 2.05) is 44.2 Å². The van der Waals surface area contributed by atoms with Gasteiger partial charge in [0.15, 0.2) is 5.16 Å². The number of nitrogens with one attached hydrogen (secondary N) is 1. The number of imidazole rings is 1. The summed E-state index contributed by atoms with van der Waals surface area (Å²) in [6, 6.07) is 11.4. The molecule has 0 aliphatic carbocycles. The SMILES string of the molecule is O=C(CSc1nnc2n(CC(=O)N3CCCC3)c3ccccc3n12)NCc1ccco1. The second-order valence-electron chi connectivity index (χ2n) is 7.43. The zero-order chi connectivity index (χ0) is 21.2. The van der Waals surface area contributed by atoms with Crippen molar-refractivity contribution in [1.29, 1.82) is 0 Å². The lowest BCUT2D eigenvalue weighted by Crippen LogP contribution is -2.31. The van der Waals surface area contributed by atoms with Gasteiger partial charge in [0.1, 0.15) is 12.3 Å². The van der Waals surface area contributed by atoms with Crippen molar-refractivity contribution in [2.75, 3.05) is 18.8 Å². The number of likely N-dealkylation sites (tertiary alicyclic amines) is 1. The molecule has 0 saturated carbocycles. The molecule has 5 rings (SSSR count). The summed E-state index contributed by atoms with van der Waals surface area (Å²) in [4.78, 5) is 26.9. The van der Waals surface area contributed by atoms with E-state index in [2.05, 4.69) is 15.5 Å². The van der Waals surface area contributed by atoms with Gasteiger partial charge in [0.25, 0.3) is 0 Å². The molecule has 1 fully saturated rings. The van der Waals surface area contributed by atoms with Crippen LogP contribution in [0.2, 0.25) is 0 Å². The first-order valence-corrected chi connectivity index (χ1v) is 11.2. The molecule has 0 atom stereocenters. The molecule has 1 saturated heterocycles. The monoisotopic (exact) mass is 438 g/mol. The van der Waals surface area contributed by atoms with Crippen molar-refractivity contribution >= 4 is 40.4 Å². The number of nitrogens with zero attached hydrogens (tertiary/aromatic N) is 5. The van der Waals surface area contributed by atoms with Gasteiger partial charge < -0.3 is 14.6 Å². The number of para-hydroxylation sites is 2. The molecule has 1 aromatic carbocycles. The van der Waals surface area contributed by atoms with Gasteiger partial charge in [-0.1, -0.05) is 23.9 Å². The maximum Gasteiger partial charge on any atom is 0.242 e. The van der Waals surface area contributed by atoms with Crippen molar-refractivity contribution in [3.05, 3.63) is 48.4 Å². The number of carbonyl (C=O) groups is 2. The number of thioether (sulfide) groups is 1. The van der Waals surface area contributed by atoms with Gasteiger partial charge in [-0.25, -0.2) is 0 Å². The Morgan fingerprint density at radius 3 is 2.65 bits per heavy atom. The third-order valence-corrected chi connectivity index (χ3v) is 6.32. The Morgan fingerprint density at radius 1 is 1.06 bits per heavy atom. The van der Waals surface area contributed by atoms with Gasteiger partial charge in [-0.15, -0.1) is 10.2 Å². The molecular formula is C21H22N6O3S. The van der Waals surface area contributed by atoms with Crippen LogP contribution < -0.4 is 5.32 Å². The molecule has 10 heteroatoms. The number of amides is 2. The van der Waals surface area contributed by atoms with Crippen molar-refractivity contribution < 1.29 is 14.0 Å². The minimum Gasteiger partial charge on any atom is -0.467 e. The number of fused-ring (bicyclic) bond motifs is 3. The van der Waals surface area contributed by atoms with E-state index in [0.29, 0.717) is 23.2 Å². The number of carbonyl (C=O) groups excluding carboxylic acids is 2. The summed E-state index contributed by atoms with van der Waals surface area (Å²) in [5.41, 5.74) is 1.83. The van der Waals surface area contributed by atoms with Gasteiger partial charge in [0.2, 0.25) is 17.6 Å². The number of hydrogen-bond acceptors (Lipinski definition) is 6. The zero-order valence-electron chi connectivity index (χ0n) is 16.9. The fourth-order valence-corrected chi connectivity index (χ4v) is 4.64. The van der Waals surface area contributed by atoms with E-state index < -0.39 is 0 Å². The second-order valence-corrected chi connectivity index (χ2v) is 8.37. The van der Waals surface area contributed by atoms with Crippen molar-refractivity contribution in [1.82, 2.24) is 29.4 Å². The van der Waals surface area contributed by atoms with E-state index in [1.165, 1.54) is 11.8 Å². The molecular weight excluding hydrogens is 416 g/mol. The molecule has 3 aromatic heterocycles. The summed E-state index contributed by atoms with van der Waals surface area (Å²) in [7, 11) is 0. The van der Waals surface area contributed by atoms with E-state index in [0.717, 1.165) is 37.0 Å². The molecule has 2 amide bonds. The number of benzene rings is 1. The molecule has 1 aliphatic heterocycles. The van der Waals surface area contributed by atoms with E-state index in [1.54, 1.807) is 12.3 Å². The number of aromatic nitrogens is 4. The zero-order valence-corrected chi connectivity index (χ0v) is 17.7. The van der Waals surface area contributed by atoms with Crippen LogP contribution in [-0.4, -0.2) is 54.7 Å². The second kappa shape index (κ2) is 8.46. The van der Waals surface area contributed by atoms with Crippen molar-refractivity contribution in [3.63, 3.8) is 0 Å². The van der Waals surface area contributed by atoms with Crippen LogP contribution in [0.1, 0.15) is 18.6 Å². The van der Waals surface area contributed by atoms with Crippen LogP contribution in [0.5, 0.6) is 0 Å². The lowest BCUT2D eigenvalue weighted by molar-refractivity contribution is -0.130. The van der Waals surface area contributed by atoms with E-state index in [-0.39, 0.29) is 24.1 Å². The molecule has 1 N–H and O–H groups in total. The molecule has 0 spiro atoms. The smallest absolute Gasteiger partial charge is 0.242 e. The highest BCUT2D eigenvalue weighted by atomic mass is 32.2. The van der Waals surface area contributed by atoms with Gasteiger partial charge in [0.05, 0.1) is 29.6 Å². The Kier molecular flexibility index (Phi) is 5.37. The molecule has 4 heterocycles. The summed E-state index contributed by atoms with van der Waals surface area (Å²) in [5.74, 6) is 1.48. The highest BCUT2D eigenvalue weighted by Crippen LogP contribution is 2.26. The average molecular weight is 439 g/mol. The predicted molar refractivity (Wildman–Crippen MR) is 116 cm³/mol. The van der Waals surface area contributed by atoms with E-state index in [9.17, 15) is 9.59 Å². The molecule has 0 unspecified atom stereocenters. The average Bonchev–Trinajstić information content (AvgIpc) is 3.58. The summed E-state index contributed by atoms with van der Waals surface area (Å²) in [6.07, 6.45) is 3.69. The minimum absolute atomic E-state index is 0.0928. The van der Waals surface area contributed by atoms with E-state index in [4.69, 9.17) is 4.42 Å². The molecule has 1 aliphatic rings. The van der Waals surface area contributed by atoms with Crippen LogP contribution in [0.4, 0.5) is 0 Å². The maximum absolute atomic E-state index is 12.8. The molecule has 160 valence electrons. The first-order valence-electron chi connectivity index (χ1n) is 10.2. The van der Waals surface area contributed by atoms with Gasteiger partial charge in [-0.2, -0.15) is 0 Å². The fraction of sp³-hybridized carbons (Fsp3) is 0.333. The summed E-state index contributed by atoms with van der Waals surface area (Å²) in [5, 5.41) is 12.1. The fourth-order valence-electron chi connectivity index (χ4n) is 3.87. The number of hydrogen-bond donors (Lipinski definition) is 1. The Hall–Kier alpha value is -3.27. The Bertz CT molecular complexity index is 1220. The summed E-state index contributed by atoms with van der Waals surface area (Å²) >= 11 is 1.31. The highest BCUT2D eigenvalue weighted by molar-refractivity contribution is 7.99. The molecule has 0 radical (unpaired) electrons. The van der Waals surface area contributed by atoms with Crippen LogP contribution in [0.25, 0.3) is 16.8 Å². The van der Waals surface area contributed by atoms with Crippen LogP contribution in [0, 0.1) is 0 Å². The van der Waals surface area contributed by atoms with Gasteiger partial charge in [-0.05, 0) is 37.1 Å². The summed E-state index contributed by atoms with van der Waals surface area (Å²) in [6.45, 7) is 2.20.